The second-order valence-electron chi connectivity index (χ2n) is 12.3. The van der Waals surface area contributed by atoms with E-state index < -0.39 is 0 Å². The first kappa shape index (κ1) is 35.4. The molecule has 1 fully saturated rings. The van der Waals surface area contributed by atoms with Gasteiger partial charge in [0.05, 0.1) is 27.2 Å². The van der Waals surface area contributed by atoms with Crippen molar-refractivity contribution >= 4 is 23.0 Å². The summed E-state index contributed by atoms with van der Waals surface area (Å²) in [6.45, 7) is 12.1. The standard InChI is InChI=1S/C34H54N8O4/c1-5-6-23-46-33-37-31(35)30-32(38-33)42(34(36-30)45-4)16-11-9-7-8-10-15-40-19-21-41(22-20-40)18-17-39(2)26-28-14-12-13-27(24-28)25-29(43)44-3/h12-14,24H,5-11,15-23,25-26H2,1-4H3,(H2,35,37,38). The number of unbranched alkanes of at least 4 members (excludes halogenated alkanes) is 5. The minimum Gasteiger partial charge on any atom is -0.469 e. The van der Waals surface area contributed by atoms with E-state index in [4.69, 9.17) is 19.9 Å². The van der Waals surface area contributed by atoms with Gasteiger partial charge in [0.2, 0.25) is 0 Å². The Kier molecular flexibility index (Phi) is 14.3. The molecule has 4 rings (SSSR count). The Balaban J connectivity index is 1.09. The molecule has 12 nitrogen and oxygen atoms in total. The lowest BCUT2D eigenvalue weighted by molar-refractivity contribution is -0.139. The monoisotopic (exact) mass is 638 g/mol. The van der Waals surface area contributed by atoms with Crippen LogP contribution in [-0.2, 0) is 29.0 Å². The van der Waals surface area contributed by atoms with Crippen molar-refractivity contribution in [3.63, 3.8) is 0 Å². The Morgan fingerprint density at radius 1 is 0.913 bits per heavy atom. The van der Waals surface area contributed by atoms with Crippen molar-refractivity contribution in [1.82, 2.24) is 34.2 Å². The summed E-state index contributed by atoms with van der Waals surface area (Å²) in [4.78, 5) is 32.5. The number of carbonyl (C=O) groups excluding carboxylic acids is 1. The first-order valence-electron chi connectivity index (χ1n) is 16.9. The molecule has 0 bridgehead atoms. The largest absolute Gasteiger partial charge is 0.469 e. The van der Waals surface area contributed by atoms with Gasteiger partial charge in [-0.15, -0.1) is 0 Å². The summed E-state index contributed by atoms with van der Waals surface area (Å²) in [5, 5.41) is 0. The number of ether oxygens (including phenoxy) is 3. The minimum atomic E-state index is -0.202. The van der Waals surface area contributed by atoms with Crippen molar-refractivity contribution in [3.8, 4) is 12.0 Å². The number of fused-ring (bicyclic) bond motifs is 1. The van der Waals surface area contributed by atoms with Crippen molar-refractivity contribution in [2.45, 2.75) is 71.4 Å². The molecule has 0 amide bonds. The number of nitrogens with two attached hydrogens (primary N) is 1. The summed E-state index contributed by atoms with van der Waals surface area (Å²) < 4.78 is 18.0. The van der Waals surface area contributed by atoms with Gasteiger partial charge in [-0.2, -0.15) is 15.0 Å². The van der Waals surface area contributed by atoms with Crippen molar-refractivity contribution in [2.75, 3.05) is 79.4 Å². The highest BCUT2D eigenvalue weighted by Crippen LogP contribution is 2.26. The van der Waals surface area contributed by atoms with Gasteiger partial charge in [-0.3, -0.25) is 14.3 Å². The molecule has 0 spiro atoms. The Morgan fingerprint density at radius 3 is 2.33 bits per heavy atom. The number of piperazine rings is 1. The number of anilines is 1. The number of carbonyl (C=O) groups is 1. The number of aromatic nitrogens is 4. The highest BCUT2D eigenvalue weighted by Gasteiger charge is 2.19. The fourth-order valence-electron chi connectivity index (χ4n) is 5.86. The number of methoxy groups -OCH3 is 2. The maximum atomic E-state index is 11.6. The molecular weight excluding hydrogens is 584 g/mol. The maximum absolute atomic E-state index is 11.6. The lowest BCUT2D eigenvalue weighted by atomic mass is 10.1. The first-order valence-corrected chi connectivity index (χ1v) is 16.9. The predicted molar refractivity (Wildman–Crippen MR) is 181 cm³/mol. The van der Waals surface area contributed by atoms with Crippen LogP contribution in [0.4, 0.5) is 5.82 Å². The molecule has 1 aliphatic heterocycles. The molecule has 1 aliphatic rings. The second kappa shape index (κ2) is 18.6. The Labute approximate surface area is 274 Å². The van der Waals surface area contributed by atoms with Gasteiger partial charge < -0.3 is 29.7 Å². The minimum absolute atomic E-state index is 0.202. The Hall–Kier alpha value is -3.48. The SMILES string of the molecule is CCCCOc1nc(N)c2nc(OC)n(CCCCCCCN3CCN(CCN(C)Cc4cccc(CC(=O)OC)c4)CC3)c2n1. The van der Waals surface area contributed by atoms with Crippen molar-refractivity contribution in [2.24, 2.45) is 0 Å². The normalized spacial score (nSPS) is 14.3. The fourth-order valence-corrected chi connectivity index (χ4v) is 5.86. The lowest BCUT2D eigenvalue weighted by Gasteiger charge is -2.35. The van der Waals surface area contributed by atoms with Gasteiger partial charge in [-0.25, -0.2) is 0 Å². The molecule has 0 radical (unpaired) electrons. The van der Waals surface area contributed by atoms with Gasteiger partial charge >= 0.3 is 12.0 Å². The summed E-state index contributed by atoms with van der Waals surface area (Å²) >= 11 is 0. The number of rotatable bonds is 20. The molecule has 3 heterocycles. The first-order chi connectivity index (χ1) is 22.4. The summed E-state index contributed by atoms with van der Waals surface area (Å²) in [5.74, 6) is 0.116. The summed E-state index contributed by atoms with van der Waals surface area (Å²) in [6, 6.07) is 9.04. The molecule has 3 aromatic rings. The number of aryl methyl sites for hydroxylation is 1. The molecule has 12 heteroatoms. The zero-order chi connectivity index (χ0) is 32.7. The maximum Gasteiger partial charge on any atom is 0.320 e. The average molecular weight is 639 g/mol. The third kappa shape index (κ3) is 10.8. The van der Waals surface area contributed by atoms with E-state index in [1.54, 1.807) is 7.11 Å². The van der Waals surface area contributed by atoms with E-state index in [2.05, 4.69) is 55.8 Å². The van der Waals surface area contributed by atoms with Gasteiger partial charge in [-0.05, 0) is 44.0 Å². The number of benzene rings is 1. The van der Waals surface area contributed by atoms with Crippen LogP contribution in [0.15, 0.2) is 24.3 Å². The highest BCUT2D eigenvalue weighted by atomic mass is 16.5. The van der Waals surface area contributed by atoms with E-state index in [-0.39, 0.29) is 5.97 Å². The molecule has 1 aromatic carbocycles. The van der Waals surface area contributed by atoms with Crippen LogP contribution in [0, 0.1) is 0 Å². The number of esters is 1. The number of nitrogens with zero attached hydrogens (tertiary/aromatic N) is 7. The van der Waals surface area contributed by atoms with E-state index in [1.807, 2.05) is 16.7 Å². The number of hydrogen-bond donors (Lipinski definition) is 1. The smallest absolute Gasteiger partial charge is 0.320 e. The van der Waals surface area contributed by atoms with E-state index in [0.717, 1.165) is 83.6 Å². The van der Waals surface area contributed by atoms with Crippen molar-refractivity contribution < 1.29 is 19.0 Å². The zero-order valence-corrected chi connectivity index (χ0v) is 28.4. The fraction of sp³-hybridized carbons (Fsp3) is 0.647. The lowest BCUT2D eigenvalue weighted by Crippen LogP contribution is -2.48. The summed E-state index contributed by atoms with van der Waals surface area (Å²) in [6.07, 6.45) is 8.13. The number of nitrogen functional groups attached to an aromatic ring is 1. The highest BCUT2D eigenvalue weighted by molar-refractivity contribution is 5.83. The molecule has 0 saturated carbocycles. The van der Waals surface area contributed by atoms with Crippen molar-refractivity contribution in [1.29, 1.82) is 0 Å². The third-order valence-electron chi connectivity index (χ3n) is 8.62. The number of hydrogen-bond acceptors (Lipinski definition) is 11. The van der Waals surface area contributed by atoms with Gasteiger partial charge in [-0.1, -0.05) is 56.9 Å². The third-order valence-corrected chi connectivity index (χ3v) is 8.62. The molecule has 0 atom stereocenters. The van der Waals surface area contributed by atoms with Crippen LogP contribution in [0.1, 0.15) is 63.0 Å². The van der Waals surface area contributed by atoms with Crippen LogP contribution in [-0.4, -0.2) is 114 Å². The number of likely N-dealkylation sites (N-methyl/N-ethyl adjacent to an activating group) is 1. The molecule has 0 unspecified atom stereocenters. The summed E-state index contributed by atoms with van der Waals surface area (Å²) in [5.41, 5.74) is 9.63. The molecule has 254 valence electrons. The quantitative estimate of drug-likeness (QED) is 0.143. The zero-order valence-electron chi connectivity index (χ0n) is 28.4. The molecule has 0 aliphatic carbocycles. The average Bonchev–Trinajstić information content (AvgIpc) is 3.42. The van der Waals surface area contributed by atoms with E-state index in [9.17, 15) is 4.79 Å². The molecule has 2 N–H and O–H groups in total. The molecular formula is C34H54N8O4. The molecule has 1 saturated heterocycles. The second-order valence-corrected chi connectivity index (χ2v) is 12.3. The van der Waals surface area contributed by atoms with Gasteiger partial charge in [0.1, 0.15) is 0 Å². The van der Waals surface area contributed by atoms with Crippen LogP contribution < -0.4 is 15.2 Å². The van der Waals surface area contributed by atoms with E-state index in [0.29, 0.717) is 42.0 Å². The Morgan fingerprint density at radius 2 is 1.61 bits per heavy atom. The number of imidazole rings is 1. The summed E-state index contributed by atoms with van der Waals surface area (Å²) in [7, 11) is 5.22. The predicted octanol–water partition coefficient (Wildman–Crippen LogP) is 4.01. The molecule has 2 aromatic heterocycles. The van der Waals surface area contributed by atoms with Gasteiger partial charge in [0.15, 0.2) is 17.0 Å². The van der Waals surface area contributed by atoms with Gasteiger partial charge in [0, 0.05) is 52.4 Å². The Bertz CT molecular complexity index is 1360. The van der Waals surface area contributed by atoms with Crippen LogP contribution >= 0.6 is 0 Å². The van der Waals surface area contributed by atoms with Gasteiger partial charge in [0.25, 0.3) is 6.01 Å². The van der Waals surface area contributed by atoms with E-state index >= 15 is 0 Å². The van der Waals surface area contributed by atoms with Crippen LogP contribution in [0.3, 0.4) is 0 Å². The molecule has 46 heavy (non-hydrogen) atoms. The van der Waals surface area contributed by atoms with Crippen LogP contribution in [0.5, 0.6) is 12.0 Å². The van der Waals surface area contributed by atoms with Crippen LogP contribution in [0.2, 0.25) is 0 Å². The van der Waals surface area contributed by atoms with Crippen LogP contribution in [0.25, 0.3) is 11.2 Å². The topological polar surface area (TPSA) is 124 Å². The van der Waals surface area contributed by atoms with E-state index in [1.165, 1.54) is 38.5 Å². The van der Waals surface area contributed by atoms with Crippen molar-refractivity contribution in [3.05, 3.63) is 35.4 Å².